The molecule has 0 amide bonds. The van der Waals surface area contributed by atoms with Crippen LogP contribution in [0.5, 0.6) is 0 Å². The topological polar surface area (TPSA) is 3.24 Å². The molecule has 0 aromatic rings. The van der Waals surface area contributed by atoms with Crippen molar-refractivity contribution in [2.24, 2.45) is 17.3 Å². The number of piperidine rings is 1. The highest BCUT2D eigenvalue weighted by atomic mass is 15.2. The second kappa shape index (κ2) is 4.45. The molecule has 1 aliphatic heterocycles. The summed E-state index contributed by atoms with van der Waals surface area (Å²) in [6.07, 6.45) is 1.34. The summed E-state index contributed by atoms with van der Waals surface area (Å²) >= 11 is 0. The minimum atomic E-state index is 0.514. The van der Waals surface area contributed by atoms with E-state index < -0.39 is 0 Å². The lowest BCUT2D eigenvalue weighted by molar-refractivity contribution is -0.0285. The molecule has 0 spiro atoms. The number of likely N-dealkylation sites (tertiary alicyclic amines) is 1. The Morgan fingerprint density at radius 3 is 2.07 bits per heavy atom. The van der Waals surface area contributed by atoms with Crippen molar-refractivity contribution in [1.29, 1.82) is 0 Å². The normalized spacial score (nSPS) is 32.6. The van der Waals surface area contributed by atoms with E-state index in [1.807, 2.05) is 0 Å². The maximum Gasteiger partial charge on any atom is 0.0152 e. The van der Waals surface area contributed by atoms with Crippen LogP contribution in [0, 0.1) is 17.3 Å². The van der Waals surface area contributed by atoms with E-state index in [9.17, 15) is 0 Å². The van der Waals surface area contributed by atoms with Gasteiger partial charge in [-0.25, -0.2) is 0 Å². The van der Waals surface area contributed by atoms with Crippen LogP contribution >= 0.6 is 0 Å². The SMILES string of the molecule is CC(C)C1C(C)C(C)(C)CCN1C(C)C. The van der Waals surface area contributed by atoms with Crippen molar-refractivity contribution in [3.8, 4) is 0 Å². The van der Waals surface area contributed by atoms with Crippen LogP contribution in [0.4, 0.5) is 0 Å². The van der Waals surface area contributed by atoms with Crippen molar-refractivity contribution in [1.82, 2.24) is 4.90 Å². The summed E-state index contributed by atoms with van der Waals surface area (Å²) < 4.78 is 0. The third-order valence-electron chi connectivity index (χ3n) is 4.49. The average Bonchev–Trinajstić information content (AvgIpc) is 2.08. The molecule has 2 unspecified atom stereocenters. The fraction of sp³-hybridized carbons (Fsp3) is 1.00. The Hall–Kier alpha value is -0.0400. The highest BCUT2D eigenvalue weighted by molar-refractivity contribution is 4.94. The van der Waals surface area contributed by atoms with E-state index in [1.165, 1.54) is 13.0 Å². The van der Waals surface area contributed by atoms with Gasteiger partial charge in [-0.05, 0) is 44.1 Å². The lowest BCUT2D eigenvalue weighted by Gasteiger charge is -2.52. The van der Waals surface area contributed by atoms with Crippen molar-refractivity contribution in [2.45, 2.75) is 67.0 Å². The lowest BCUT2D eigenvalue weighted by Crippen LogP contribution is -2.55. The number of hydrogen-bond acceptors (Lipinski definition) is 1. The zero-order valence-corrected chi connectivity index (χ0v) is 11.7. The molecule has 0 aromatic heterocycles. The third-order valence-corrected chi connectivity index (χ3v) is 4.49. The molecule has 1 heteroatoms. The van der Waals surface area contributed by atoms with E-state index in [2.05, 4.69) is 53.4 Å². The zero-order chi connectivity index (χ0) is 11.8. The van der Waals surface area contributed by atoms with Crippen LogP contribution in [-0.2, 0) is 0 Å². The fourth-order valence-corrected chi connectivity index (χ4v) is 3.11. The molecule has 0 radical (unpaired) electrons. The molecule has 0 N–H and O–H groups in total. The summed E-state index contributed by atoms with van der Waals surface area (Å²) in [5, 5.41) is 0. The van der Waals surface area contributed by atoms with Gasteiger partial charge in [0, 0.05) is 12.1 Å². The van der Waals surface area contributed by atoms with Gasteiger partial charge in [0.25, 0.3) is 0 Å². The molecular weight excluding hydrogens is 182 g/mol. The van der Waals surface area contributed by atoms with Crippen LogP contribution in [0.3, 0.4) is 0 Å². The molecular formula is C14H29N. The minimum Gasteiger partial charge on any atom is -0.297 e. The molecule has 0 bridgehead atoms. The molecule has 1 heterocycles. The molecule has 1 saturated heterocycles. The summed E-state index contributed by atoms with van der Waals surface area (Å²) in [6, 6.07) is 1.45. The number of nitrogens with zero attached hydrogens (tertiary/aromatic N) is 1. The molecule has 0 aromatic carbocycles. The summed E-state index contributed by atoms with van der Waals surface area (Å²) in [4.78, 5) is 2.71. The van der Waals surface area contributed by atoms with Crippen LogP contribution in [0.15, 0.2) is 0 Å². The highest BCUT2D eigenvalue weighted by Gasteiger charge is 2.41. The molecule has 90 valence electrons. The molecule has 1 rings (SSSR count). The quantitative estimate of drug-likeness (QED) is 0.672. The summed E-state index contributed by atoms with van der Waals surface area (Å²) in [5.41, 5.74) is 0.514. The predicted octanol–water partition coefficient (Wildman–Crippen LogP) is 3.79. The van der Waals surface area contributed by atoms with Gasteiger partial charge in [0.2, 0.25) is 0 Å². The van der Waals surface area contributed by atoms with E-state index in [0.29, 0.717) is 11.5 Å². The van der Waals surface area contributed by atoms with Crippen molar-refractivity contribution in [2.75, 3.05) is 6.54 Å². The second-order valence-corrected chi connectivity index (χ2v) is 6.59. The van der Waals surface area contributed by atoms with E-state index in [1.54, 1.807) is 0 Å². The second-order valence-electron chi connectivity index (χ2n) is 6.59. The van der Waals surface area contributed by atoms with Gasteiger partial charge in [-0.1, -0.05) is 34.6 Å². The van der Waals surface area contributed by atoms with E-state index in [4.69, 9.17) is 0 Å². The minimum absolute atomic E-state index is 0.514. The molecule has 1 aliphatic rings. The molecule has 1 fully saturated rings. The first-order valence-electron chi connectivity index (χ1n) is 6.53. The first-order chi connectivity index (χ1) is 6.77. The largest absolute Gasteiger partial charge is 0.297 e. The zero-order valence-electron chi connectivity index (χ0n) is 11.7. The molecule has 15 heavy (non-hydrogen) atoms. The average molecular weight is 211 g/mol. The summed E-state index contributed by atoms with van der Waals surface area (Å²) in [5.74, 6) is 1.57. The van der Waals surface area contributed by atoms with Crippen LogP contribution in [0.2, 0.25) is 0 Å². The van der Waals surface area contributed by atoms with E-state index >= 15 is 0 Å². The Balaban J connectivity index is 2.88. The molecule has 0 aliphatic carbocycles. The van der Waals surface area contributed by atoms with Crippen LogP contribution in [0.25, 0.3) is 0 Å². The Labute approximate surface area is 96.2 Å². The predicted molar refractivity (Wildman–Crippen MR) is 68.0 cm³/mol. The molecule has 2 atom stereocenters. The van der Waals surface area contributed by atoms with Crippen molar-refractivity contribution in [3.63, 3.8) is 0 Å². The van der Waals surface area contributed by atoms with Crippen LogP contribution in [-0.4, -0.2) is 23.5 Å². The first kappa shape index (κ1) is 13.0. The van der Waals surface area contributed by atoms with Crippen LogP contribution < -0.4 is 0 Å². The van der Waals surface area contributed by atoms with E-state index in [-0.39, 0.29) is 0 Å². The van der Waals surface area contributed by atoms with Gasteiger partial charge in [0.15, 0.2) is 0 Å². The van der Waals surface area contributed by atoms with Crippen molar-refractivity contribution in [3.05, 3.63) is 0 Å². The Morgan fingerprint density at radius 1 is 1.13 bits per heavy atom. The maximum absolute atomic E-state index is 2.71. The first-order valence-corrected chi connectivity index (χ1v) is 6.53. The van der Waals surface area contributed by atoms with E-state index in [0.717, 1.165) is 17.9 Å². The van der Waals surface area contributed by atoms with Gasteiger partial charge in [-0.15, -0.1) is 0 Å². The Morgan fingerprint density at radius 2 is 1.67 bits per heavy atom. The van der Waals surface area contributed by atoms with Gasteiger partial charge in [-0.2, -0.15) is 0 Å². The number of rotatable bonds is 2. The van der Waals surface area contributed by atoms with Gasteiger partial charge in [0.05, 0.1) is 0 Å². The molecule has 1 nitrogen and oxygen atoms in total. The van der Waals surface area contributed by atoms with Gasteiger partial charge < -0.3 is 0 Å². The Kier molecular flexibility index (Phi) is 3.86. The van der Waals surface area contributed by atoms with Gasteiger partial charge in [-0.3, -0.25) is 4.90 Å². The summed E-state index contributed by atoms with van der Waals surface area (Å²) in [6.45, 7) is 18.0. The fourth-order valence-electron chi connectivity index (χ4n) is 3.11. The van der Waals surface area contributed by atoms with Crippen molar-refractivity contribution >= 4 is 0 Å². The Bertz CT molecular complexity index is 203. The van der Waals surface area contributed by atoms with Gasteiger partial charge >= 0.3 is 0 Å². The number of hydrogen-bond donors (Lipinski definition) is 0. The lowest BCUT2D eigenvalue weighted by atomic mass is 9.67. The smallest absolute Gasteiger partial charge is 0.0152 e. The third kappa shape index (κ3) is 2.55. The standard InChI is InChI=1S/C14H29N/c1-10(2)13-12(5)14(6,7)8-9-15(13)11(3)4/h10-13H,8-9H2,1-7H3. The van der Waals surface area contributed by atoms with Gasteiger partial charge in [0.1, 0.15) is 0 Å². The summed E-state index contributed by atoms with van der Waals surface area (Å²) in [7, 11) is 0. The van der Waals surface area contributed by atoms with Crippen molar-refractivity contribution < 1.29 is 0 Å². The maximum atomic E-state index is 2.71. The molecule has 0 saturated carbocycles. The highest BCUT2D eigenvalue weighted by Crippen LogP contribution is 2.42. The van der Waals surface area contributed by atoms with Crippen LogP contribution in [0.1, 0.15) is 54.9 Å². The monoisotopic (exact) mass is 211 g/mol.